The molecule has 1 heterocycles. The Labute approximate surface area is 156 Å². The molecule has 0 amide bonds. The fraction of sp³-hybridized carbons (Fsp3) is 0.118. The molecule has 10 heteroatoms. The van der Waals surface area contributed by atoms with Crippen molar-refractivity contribution in [2.75, 3.05) is 10.6 Å². The van der Waals surface area contributed by atoms with Crippen LogP contribution in [-0.4, -0.2) is 15.2 Å². The lowest BCUT2D eigenvalue weighted by Crippen LogP contribution is -2.11. The molecule has 0 radical (unpaired) electrons. The number of hydrogen-bond acceptors (Lipinski definition) is 5. The maximum Gasteiger partial charge on any atom is 0.418 e. The summed E-state index contributed by atoms with van der Waals surface area (Å²) in [6.45, 7) is 0.125. The van der Waals surface area contributed by atoms with Gasteiger partial charge in [0.2, 0.25) is 5.95 Å². The topological polar surface area (TPSA) is 62.7 Å². The number of benzene rings is 2. The van der Waals surface area contributed by atoms with E-state index in [1.807, 2.05) is 0 Å². The van der Waals surface area contributed by atoms with Gasteiger partial charge in [-0.25, -0.2) is 4.39 Å². The molecular formula is C17H12ClF4N5. The summed E-state index contributed by atoms with van der Waals surface area (Å²) < 4.78 is 53.1. The van der Waals surface area contributed by atoms with Crippen molar-refractivity contribution in [1.82, 2.24) is 15.2 Å². The van der Waals surface area contributed by atoms with Gasteiger partial charge in [-0.2, -0.15) is 23.3 Å². The highest BCUT2D eigenvalue weighted by molar-refractivity contribution is 6.30. The van der Waals surface area contributed by atoms with Gasteiger partial charge in [-0.1, -0.05) is 29.8 Å². The van der Waals surface area contributed by atoms with Gasteiger partial charge in [0.25, 0.3) is 0 Å². The minimum Gasteiger partial charge on any atom is -0.364 e. The molecule has 3 rings (SSSR count). The van der Waals surface area contributed by atoms with Crippen LogP contribution in [-0.2, 0) is 12.7 Å². The highest BCUT2D eigenvalue weighted by Crippen LogP contribution is 2.37. The Morgan fingerprint density at radius 3 is 2.59 bits per heavy atom. The minimum absolute atomic E-state index is 0.0489. The Morgan fingerprint density at radius 1 is 1.07 bits per heavy atom. The Kier molecular flexibility index (Phi) is 5.41. The molecule has 27 heavy (non-hydrogen) atoms. The molecule has 0 bridgehead atoms. The summed E-state index contributed by atoms with van der Waals surface area (Å²) in [5.74, 6) is -0.319. The van der Waals surface area contributed by atoms with Crippen molar-refractivity contribution in [2.24, 2.45) is 0 Å². The third-order valence-corrected chi connectivity index (χ3v) is 3.75. The van der Waals surface area contributed by atoms with Crippen LogP contribution in [0.4, 0.5) is 35.0 Å². The monoisotopic (exact) mass is 397 g/mol. The van der Waals surface area contributed by atoms with Gasteiger partial charge in [0.1, 0.15) is 5.82 Å². The van der Waals surface area contributed by atoms with Crippen molar-refractivity contribution < 1.29 is 17.6 Å². The normalized spacial score (nSPS) is 11.3. The molecule has 0 saturated heterocycles. The van der Waals surface area contributed by atoms with E-state index < -0.39 is 11.7 Å². The number of aromatic nitrogens is 3. The van der Waals surface area contributed by atoms with Crippen molar-refractivity contribution in [3.63, 3.8) is 0 Å². The molecular weight excluding hydrogens is 386 g/mol. The van der Waals surface area contributed by atoms with Crippen LogP contribution in [0.1, 0.15) is 11.1 Å². The van der Waals surface area contributed by atoms with Crippen LogP contribution in [0.2, 0.25) is 5.02 Å². The summed E-state index contributed by atoms with van der Waals surface area (Å²) in [6.07, 6.45) is -3.33. The predicted octanol–water partition coefficient (Wildman–Crippen LogP) is 5.04. The van der Waals surface area contributed by atoms with Crippen LogP contribution >= 0.6 is 11.6 Å². The van der Waals surface area contributed by atoms with Crippen molar-refractivity contribution in [1.29, 1.82) is 0 Å². The van der Waals surface area contributed by atoms with E-state index in [1.54, 1.807) is 18.2 Å². The summed E-state index contributed by atoms with van der Waals surface area (Å²) in [5.41, 5.74) is -0.814. The summed E-state index contributed by atoms with van der Waals surface area (Å²) >= 11 is 5.65. The molecule has 0 aliphatic heterocycles. The highest BCUT2D eigenvalue weighted by atomic mass is 35.5. The Morgan fingerprint density at radius 2 is 1.85 bits per heavy atom. The van der Waals surface area contributed by atoms with E-state index in [0.717, 1.165) is 6.07 Å². The zero-order chi connectivity index (χ0) is 19.4. The van der Waals surface area contributed by atoms with E-state index >= 15 is 0 Å². The predicted molar refractivity (Wildman–Crippen MR) is 93.3 cm³/mol. The standard InChI is InChI=1S/C17H12ClF4N5/c18-11-5-6-14(12(7-11)17(20,21)22)25-16-26-15(9-24-27-16)23-8-10-3-1-2-4-13(10)19/h1-7,9H,8H2,(H2,23,25,26,27). The Hall–Kier alpha value is -2.94. The summed E-state index contributed by atoms with van der Waals surface area (Å²) in [6, 6.07) is 9.46. The summed E-state index contributed by atoms with van der Waals surface area (Å²) in [5, 5.41) is 12.6. The van der Waals surface area contributed by atoms with Crippen LogP contribution in [0.3, 0.4) is 0 Å². The first-order chi connectivity index (χ1) is 12.8. The quantitative estimate of drug-likeness (QED) is 0.591. The first kappa shape index (κ1) is 18.8. The van der Waals surface area contributed by atoms with Crippen molar-refractivity contribution in [2.45, 2.75) is 12.7 Å². The largest absolute Gasteiger partial charge is 0.418 e. The van der Waals surface area contributed by atoms with E-state index in [1.165, 1.54) is 24.4 Å². The molecule has 0 unspecified atom stereocenters. The molecule has 0 atom stereocenters. The molecule has 3 aromatic rings. The lowest BCUT2D eigenvalue weighted by Gasteiger charge is -2.14. The third kappa shape index (κ3) is 4.82. The fourth-order valence-electron chi connectivity index (χ4n) is 2.25. The van der Waals surface area contributed by atoms with Crippen molar-refractivity contribution in [3.05, 3.63) is 70.6 Å². The lowest BCUT2D eigenvalue weighted by atomic mass is 10.1. The van der Waals surface area contributed by atoms with Crippen molar-refractivity contribution >= 4 is 29.1 Å². The highest BCUT2D eigenvalue weighted by Gasteiger charge is 2.34. The number of hydrogen-bond donors (Lipinski definition) is 2. The number of nitrogens with zero attached hydrogens (tertiary/aromatic N) is 3. The molecule has 5 nitrogen and oxygen atoms in total. The van der Waals surface area contributed by atoms with Gasteiger partial charge in [0, 0.05) is 17.1 Å². The number of alkyl halides is 3. The van der Waals surface area contributed by atoms with E-state index in [4.69, 9.17) is 11.6 Å². The lowest BCUT2D eigenvalue weighted by molar-refractivity contribution is -0.136. The second-order valence-corrected chi connectivity index (χ2v) is 5.86. The second-order valence-electron chi connectivity index (χ2n) is 5.42. The summed E-state index contributed by atoms with van der Waals surface area (Å²) in [4.78, 5) is 4.04. The number of nitrogens with one attached hydrogen (secondary N) is 2. The first-order valence-corrected chi connectivity index (χ1v) is 8.01. The maximum absolute atomic E-state index is 13.6. The molecule has 0 aliphatic carbocycles. The van der Waals surface area contributed by atoms with Crippen LogP contribution < -0.4 is 10.6 Å². The smallest absolute Gasteiger partial charge is 0.364 e. The molecule has 2 N–H and O–H groups in total. The molecule has 0 spiro atoms. The van der Waals surface area contributed by atoms with Gasteiger partial charge < -0.3 is 10.6 Å². The summed E-state index contributed by atoms with van der Waals surface area (Å²) in [7, 11) is 0. The van der Waals surface area contributed by atoms with Gasteiger partial charge in [0.15, 0.2) is 5.82 Å². The molecule has 140 valence electrons. The van der Waals surface area contributed by atoms with Gasteiger partial charge in [-0.05, 0) is 24.3 Å². The number of anilines is 3. The SMILES string of the molecule is Fc1ccccc1CNc1cnnc(Nc2ccc(Cl)cc2C(F)(F)F)n1. The number of halogens is 5. The van der Waals surface area contributed by atoms with Gasteiger partial charge >= 0.3 is 6.18 Å². The van der Waals surface area contributed by atoms with E-state index in [2.05, 4.69) is 25.8 Å². The van der Waals surface area contributed by atoms with E-state index in [-0.39, 0.29) is 34.8 Å². The molecule has 1 aromatic heterocycles. The van der Waals surface area contributed by atoms with Crippen LogP contribution in [0.25, 0.3) is 0 Å². The third-order valence-electron chi connectivity index (χ3n) is 3.51. The molecule has 2 aromatic carbocycles. The zero-order valence-corrected chi connectivity index (χ0v) is 14.3. The number of rotatable bonds is 5. The van der Waals surface area contributed by atoms with E-state index in [0.29, 0.717) is 5.56 Å². The Bertz CT molecular complexity index is 949. The van der Waals surface area contributed by atoms with Crippen LogP contribution in [0, 0.1) is 5.82 Å². The molecule has 0 saturated carbocycles. The first-order valence-electron chi connectivity index (χ1n) is 7.64. The van der Waals surface area contributed by atoms with Gasteiger partial charge in [0.05, 0.1) is 17.4 Å². The van der Waals surface area contributed by atoms with Gasteiger partial charge in [-0.3, -0.25) is 0 Å². The molecule has 0 aliphatic rings. The van der Waals surface area contributed by atoms with E-state index in [9.17, 15) is 17.6 Å². The average Bonchev–Trinajstić information content (AvgIpc) is 2.62. The zero-order valence-electron chi connectivity index (χ0n) is 13.6. The van der Waals surface area contributed by atoms with Crippen molar-refractivity contribution in [3.8, 4) is 0 Å². The fourth-order valence-corrected chi connectivity index (χ4v) is 2.42. The second kappa shape index (κ2) is 7.75. The minimum atomic E-state index is -4.61. The van der Waals surface area contributed by atoms with Gasteiger partial charge in [-0.15, -0.1) is 5.10 Å². The Balaban J connectivity index is 1.78. The van der Waals surface area contributed by atoms with Crippen LogP contribution in [0.15, 0.2) is 48.7 Å². The van der Waals surface area contributed by atoms with Crippen LogP contribution in [0.5, 0.6) is 0 Å². The average molecular weight is 398 g/mol. The molecule has 0 fully saturated rings. The maximum atomic E-state index is 13.6.